The summed E-state index contributed by atoms with van der Waals surface area (Å²) in [5, 5.41) is 17.5. The Kier molecular flexibility index (Phi) is 11.2. The van der Waals surface area contributed by atoms with E-state index < -0.39 is 0 Å². The highest BCUT2D eigenvalue weighted by Crippen LogP contribution is 2.45. The van der Waals surface area contributed by atoms with Gasteiger partial charge in [0.05, 0.1) is 33.1 Å². The first-order chi connectivity index (χ1) is 41.0. The minimum Gasteiger partial charge on any atom is -0.310 e. The van der Waals surface area contributed by atoms with Crippen molar-refractivity contribution in [2.45, 2.75) is 33.6 Å². The molecule has 3 aromatic heterocycles. The average Bonchev–Trinajstić information content (AvgIpc) is 2.05. The Morgan fingerprint density at radius 2 is 0.771 bits per heavy atom. The van der Waals surface area contributed by atoms with Crippen LogP contribution >= 0.6 is 0 Å². The van der Waals surface area contributed by atoms with E-state index in [1.54, 1.807) is 0 Å². The van der Waals surface area contributed by atoms with Gasteiger partial charge >= 0.3 is 0 Å². The third-order valence-corrected chi connectivity index (χ3v) is 17.7. The highest BCUT2D eigenvalue weighted by Gasteiger charge is 2.23. The summed E-state index contributed by atoms with van der Waals surface area (Å²) in [5.41, 5.74) is 18.8. The molecular formula is C79H58N4. The van der Waals surface area contributed by atoms with Gasteiger partial charge in [0.15, 0.2) is 0 Å². The van der Waals surface area contributed by atoms with Crippen molar-refractivity contribution >= 4 is 138 Å². The van der Waals surface area contributed by atoms with E-state index in [1.165, 1.54) is 114 Å². The third-order valence-electron chi connectivity index (χ3n) is 17.7. The molecular weight excluding hydrogens is 1000 g/mol. The molecule has 0 atom stereocenters. The van der Waals surface area contributed by atoms with Crippen LogP contribution in [0.3, 0.4) is 0 Å². The van der Waals surface area contributed by atoms with E-state index in [9.17, 15) is 0 Å². The molecule has 0 saturated carbocycles. The molecule has 0 spiro atoms. The first kappa shape index (κ1) is 48.5. The van der Waals surface area contributed by atoms with E-state index in [4.69, 9.17) is 0 Å². The summed E-state index contributed by atoms with van der Waals surface area (Å²) < 4.78 is 7.45. The zero-order chi connectivity index (χ0) is 55.4. The van der Waals surface area contributed by atoms with Gasteiger partial charge in [-0.15, -0.1) is 0 Å². The predicted molar refractivity (Wildman–Crippen MR) is 358 cm³/mol. The molecule has 0 unspecified atom stereocenters. The Morgan fingerprint density at radius 1 is 0.386 bits per heavy atom. The van der Waals surface area contributed by atoms with E-state index in [0.717, 1.165) is 63.6 Å². The molecule has 0 radical (unpaired) electrons. The van der Waals surface area contributed by atoms with Crippen LogP contribution in [0.2, 0.25) is 0 Å². The van der Waals surface area contributed by atoms with Gasteiger partial charge in [-0.3, -0.25) is 0 Å². The Bertz CT molecular complexity index is 5360. The minimum atomic E-state index is 1.03. The van der Waals surface area contributed by atoms with E-state index in [2.05, 4.69) is 301 Å². The number of rotatable bonds is 10. The zero-order valence-electron chi connectivity index (χ0n) is 46.7. The summed E-state index contributed by atoms with van der Waals surface area (Å²) in [7, 11) is 0. The lowest BCUT2D eigenvalue weighted by molar-refractivity contribution is 0.921. The first-order valence-corrected chi connectivity index (χ1v) is 29.1. The number of fused-ring (bicyclic) bond motifs is 17. The van der Waals surface area contributed by atoms with Gasteiger partial charge in [0.1, 0.15) is 0 Å². The highest BCUT2D eigenvalue weighted by molar-refractivity contribution is 6.26. The van der Waals surface area contributed by atoms with Gasteiger partial charge in [-0.1, -0.05) is 190 Å². The maximum atomic E-state index is 4.35. The molecule has 4 nitrogen and oxygen atoms in total. The van der Waals surface area contributed by atoms with Crippen molar-refractivity contribution in [1.82, 2.24) is 13.7 Å². The Balaban J connectivity index is 0.894. The molecule has 0 amide bonds. The monoisotopic (exact) mass is 1060 g/mol. The van der Waals surface area contributed by atoms with Crippen LogP contribution in [0.5, 0.6) is 0 Å². The highest BCUT2D eigenvalue weighted by atomic mass is 15.1. The van der Waals surface area contributed by atoms with Gasteiger partial charge in [0, 0.05) is 82.6 Å². The SMILES string of the molecule is C=Cc1c(/C=C\C)ccc2c1c1ccc3ccccc3c1n2-c1ccc(N(c2ccc(-n3c4ccc(C)c(CCC)c4c4ccc5ccccc5c43)cc2)c2ccc(-n3c4ccc5ccccc5c4c4ccc5ccccc5c43)cc2)cc1. The summed E-state index contributed by atoms with van der Waals surface area (Å²) in [6.07, 6.45) is 8.44. The summed E-state index contributed by atoms with van der Waals surface area (Å²) in [6, 6.07) is 90.4. The lowest BCUT2D eigenvalue weighted by Crippen LogP contribution is -2.10. The summed E-state index contributed by atoms with van der Waals surface area (Å²) in [6.45, 7) is 11.0. The van der Waals surface area contributed by atoms with Gasteiger partial charge in [-0.25, -0.2) is 0 Å². The molecule has 0 saturated heterocycles. The van der Waals surface area contributed by atoms with Gasteiger partial charge in [-0.2, -0.15) is 0 Å². The quantitative estimate of drug-likeness (QED) is 0.133. The van der Waals surface area contributed by atoms with Crippen LogP contribution < -0.4 is 4.90 Å². The van der Waals surface area contributed by atoms with Crippen LogP contribution in [-0.2, 0) is 6.42 Å². The number of hydrogen-bond donors (Lipinski definition) is 0. The van der Waals surface area contributed by atoms with Crippen molar-refractivity contribution in [3.63, 3.8) is 0 Å². The van der Waals surface area contributed by atoms with Gasteiger partial charge in [0.2, 0.25) is 0 Å². The van der Waals surface area contributed by atoms with E-state index in [-0.39, 0.29) is 0 Å². The average molecular weight is 1060 g/mol. The number of benzene rings is 13. The first-order valence-electron chi connectivity index (χ1n) is 29.1. The number of aromatic nitrogens is 3. The largest absolute Gasteiger partial charge is 0.310 e. The van der Waals surface area contributed by atoms with Crippen molar-refractivity contribution in [1.29, 1.82) is 0 Å². The molecule has 83 heavy (non-hydrogen) atoms. The summed E-state index contributed by atoms with van der Waals surface area (Å²) in [4.78, 5) is 2.41. The number of anilines is 3. The minimum absolute atomic E-state index is 1.03. The molecule has 13 aromatic carbocycles. The standard InChI is InChI=1S/C79H58N4/c1-5-16-51-30-48-72-74(62(51)7-3)68-44-27-53-19-9-13-23-65(53)77(68)82(72)60-40-34-57(35-41-60)80(56-32-38-59(39-33-56)81-71-47-26-50(4)63(17-6-2)75(71)69-45-28-54-20-10-14-24-66(54)78(69)81)58-36-42-61(43-37-58)83-73-49-31-52-18-8-12-22-64(52)76(73)70-46-29-55-21-11-15-25-67(55)79(70)83/h5,7-16,18-49H,3,6,17H2,1-2,4H3/b16-5-. The van der Waals surface area contributed by atoms with E-state index >= 15 is 0 Å². The molecule has 0 fully saturated rings. The number of hydrogen-bond acceptors (Lipinski definition) is 1. The number of nitrogens with zero attached hydrogens (tertiary/aromatic N) is 4. The predicted octanol–water partition coefficient (Wildman–Crippen LogP) is 22.0. The van der Waals surface area contributed by atoms with Gasteiger partial charge in [-0.05, 0) is 160 Å². The molecule has 0 N–H and O–H groups in total. The van der Waals surface area contributed by atoms with Crippen LogP contribution in [0.4, 0.5) is 17.1 Å². The van der Waals surface area contributed by atoms with Gasteiger partial charge in [0.25, 0.3) is 0 Å². The number of aryl methyl sites for hydroxylation is 2. The Labute approximate surface area is 481 Å². The van der Waals surface area contributed by atoms with E-state index in [1.807, 2.05) is 6.08 Å². The summed E-state index contributed by atoms with van der Waals surface area (Å²) in [5.74, 6) is 0. The molecule has 0 bridgehead atoms. The topological polar surface area (TPSA) is 18.0 Å². The van der Waals surface area contributed by atoms with Crippen molar-refractivity contribution < 1.29 is 0 Å². The molecule has 0 aliphatic heterocycles. The van der Waals surface area contributed by atoms with Gasteiger partial charge < -0.3 is 18.6 Å². The molecule has 3 heterocycles. The van der Waals surface area contributed by atoms with Crippen LogP contribution in [0.1, 0.15) is 42.5 Å². The van der Waals surface area contributed by atoms with E-state index in [0.29, 0.717) is 0 Å². The number of allylic oxidation sites excluding steroid dienone is 1. The molecule has 0 aliphatic rings. The normalized spacial score (nSPS) is 12.1. The molecule has 4 heteroatoms. The van der Waals surface area contributed by atoms with Crippen LogP contribution in [-0.4, -0.2) is 13.7 Å². The Morgan fingerprint density at radius 3 is 1.24 bits per heavy atom. The molecule has 394 valence electrons. The lowest BCUT2D eigenvalue weighted by atomic mass is 9.97. The van der Waals surface area contributed by atoms with Crippen LogP contribution in [0.25, 0.3) is 138 Å². The fourth-order valence-electron chi connectivity index (χ4n) is 14.1. The maximum absolute atomic E-state index is 4.35. The van der Waals surface area contributed by atoms with Crippen molar-refractivity contribution in [3.8, 4) is 17.1 Å². The second-order valence-corrected chi connectivity index (χ2v) is 22.3. The maximum Gasteiger partial charge on any atom is 0.0619 e. The molecule has 16 aromatic rings. The third kappa shape index (κ3) is 7.32. The van der Waals surface area contributed by atoms with Crippen molar-refractivity contribution in [2.24, 2.45) is 0 Å². The van der Waals surface area contributed by atoms with Crippen molar-refractivity contribution in [2.75, 3.05) is 4.90 Å². The fourth-order valence-corrected chi connectivity index (χ4v) is 14.1. The molecule has 0 aliphatic carbocycles. The smallest absolute Gasteiger partial charge is 0.0619 e. The van der Waals surface area contributed by atoms with Crippen LogP contribution in [0, 0.1) is 6.92 Å². The fraction of sp³-hybridized carbons (Fsp3) is 0.0633. The lowest BCUT2D eigenvalue weighted by Gasteiger charge is -2.26. The zero-order valence-corrected chi connectivity index (χ0v) is 46.7. The van der Waals surface area contributed by atoms with Crippen LogP contribution in [0.15, 0.2) is 255 Å². The molecule has 16 rings (SSSR count). The second kappa shape index (κ2) is 19.1. The summed E-state index contributed by atoms with van der Waals surface area (Å²) >= 11 is 0. The van der Waals surface area contributed by atoms with Crippen molar-refractivity contribution in [3.05, 3.63) is 278 Å². The Hall–Kier alpha value is -10.4. The second-order valence-electron chi connectivity index (χ2n) is 22.3.